The van der Waals surface area contributed by atoms with Crippen molar-refractivity contribution in [3.05, 3.63) is 36.2 Å². The van der Waals surface area contributed by atoms with E-state index in [0.29, 0.717) is 11.0 Å². The summed E-state index contributed by atoms with van der Waals surface area (Å²) in [5.41, 5.74) is 0.991. The smallest absolute Gasteiger partial charge is 0.236 e. The summed E-state index contributed by atoms with van der Waals surface area (Å²) in [7, 11) is 0. The number of anilines is 1. The van der Waals surface area contributed by atoms with Crippen LogP contribution in [-0.4, -0.2) is 36.6 Å². The molecule has 1 fully saturated rings. The molecule has 1 N–H and O–H groups in total. The van der Waals surface area contributed by atoms with Crippen molar-refractivity contribution in [1.82, 2.24) is 25.0 Å². The molecule has 1 aliphatic rings. The zero-order chi connectivity index (χ0) is 18.6. The van der Waals surface area contributed by atoms with Gasteiger partial charge < -0.3 is 4.57 Å². The number of amides is 1. The van der Waals surface area contributed by atoms with Crippen molar-refractivity contribution in [2.45, 2.75) is 43.8 Å². The van der Waals surface area contributed by atoms with Crippen molar-refractivity contribution < 1.29 is 4.79 Å². The number of hydrogen-bond acceptors (Lipinski definition) is 7. The van der Waals surface area contributed by atoms with E-state index in [1.807, 2.05) is 30.3 Å². The predicted molar refractivity (Wildman–Crippen MR) is 107 cm³/mol. The summed E-state index contributed by atoms with van der Waals surface area (Å²) >= 11 is 2.78. The lowest BCUT2D eigenvalue weighted by atomic mass is 10.2. The first-order valence-electron chi connectivity index (χ1n) is 8.99. The van der Waals surface area contributed by atoms with Crippen molar-refractivity contribution in [3.8, 4) is 10.6 Å². The van der Waals surface area contributed by atoms with Gasteiger partial charge >= 0.3 is 0 Å². The van der Waals surface area contributed by atoms with Crippen molar-refractivity contribution in [2.75, 3.05) is 11.1 Å². The lowest BCUT2D eigenvalue weighted by Crippen LogP contribution is -2.14. The van der Waals surface area contributed by atoms with Crippen LogP contribution in [0.5, 0.6) is 0 Å². The Morgan fingerprint density at radius 1 is 1.22 bits per heavy atom. The van der Waals surface area contributed by atoms with E-state index in [4.69, 9.17) is 0 Å². The largest absolute Gasteiger partial charge is 0.306 e. The quantitative estimate of drug-likeness (QED) is 0.579. The van der Waals surface area contributed by atoms with E-state index in [0.717, 1.165) is 34.5 Å². The molecular weight excluding hydrogens is 380 g/mol. The first kappa shape index (κ1) is 18.1. The summed E-state index contributed by atoms with van der Waals surface area (Å²) in [5, 5.41) is 21.8. The lowest BCUT2D eigenvalue weighted by molar-refractivity contribution is -0.113. The number of carbonyl (C=O) groups is 1. The molecular formula is C18H20N6OS2. The van der Waals surface area contributed by atoms with Gasteiger partial charge in [0, 0.05) is 18.0 Å². The highest BCUT2D eigenvalue weighted by Crippen LogP contribution is 2.40. The molecule has 0 spiro atoms. The van der Waals surface area contributed by atoms with Crippen molar-refractivity contribution >= 4 is 34.1 Å². The molecule has 1 aromatic carbocycles. The second-order valence-electron chi connectivity index (χ2n) is 6.38. The third kappa shape index (κ3) is 4.36. The molecule has 140 valence electrons. The van der Waals surface area contributed by atoms with Crippen molar-refractivity contribution in [2.24, 2.45) is 0 Å². The molecule has 27 heavy (non-hydrogen) atoms. The molecule has 2 heterocycles. The summed E-state index contributed by atoms with van der Waals surface area (Å²) < 4.78 is 2.16. The normalized spacial score (nSPS) is 13.7. The molecule has 7 nitrogen and oxygen atoms in total. The number of hydrogen-bond donors (Lipinski definition) is 1. The van der Waals surface area contributed by atoms with Crippen LogP contribution in [0.4, 0.5) is 5.13 Å². The first-order valence-corrected chi connectivity index (χ1v) is 10.8. The van der Waals surface area contributed by atoms with Gasteiger partial charge in [-0.1, -0.05) is 60.4 Å². The number of thioether (sulfide) groups is 1. The van der Waals surface area contributed by atoms with Crippen LogP contribution in [0.15, 0.2) is 35.5 Å². The average molecular weight is 401 g/mol. The highest BCUT2D eigenvalue weighted by Gasteiger charge is 2.30. The average Bonchev–Trinajstić information content (AvgIpc) is 3.29. The van der Waals surface area contributed by atoms with Gasteiger partial charge in [-0.25, -0.2) is 0 Å². The third-order valence-corrected chi connectivity index (χ3v) is 6.01. The fraction of sp³-hybridized carbons (Fsp3) is 0.389. The molecule has 4 rings (SSSR count). The van der Waals surface area contributed by atoms with Gasteiger partial charge in [-0.2, -0.15) is 0 Å². The first-order chi connectivity index (χ1) is 13.2. The molecule has 0 saturated heterocycles. The van der Waals surface area contributed by atoms with Crippen LogP contribution >= 0.6 is 23.1 Å². The van der Waals surface area contributed by atoms with Gasteiger partial charge in [0.15, 0.2) is 5.16 Å². The molecule has 0 bridgehead atoms. The zero-order valence-corrected chi connectivity index (χ0v) is 16.6. The van der Waals surface area contributed by atoms with E-state index in [1.165, 1.54) is 35.9 Å². The molecule has 0 unspecified atom stereocenters. The Balaban J connectivity index is 1.36. The Morgan fingerprint density at radius 2 is 2.04 bits per heavy atom. The zero-order valence-electron chi connectivity index (χ0n) is 15.0. The SMILES string of the molecule is CCCn1c(SCC(=O)Nc2nnc(-c3ccccc3)s2)nnc1C1CC1. The van der Waals surface area contributed by atoms with Gasteiger partial charge in [0.1, 0.15) is 10.8 Å². The van der Waals surface area contributed by atoms with E-state index in [-0.39, 0.29) is 11.7 Å². The molecule has 0 radical (unpaired) electrons. The van der Waals surface area contributed by atoms with E-state index < -0.39 is 0 Å². The summed E-state index contributed by atoms with van der Waals surface area (Å²) in [6, 6.07) is 9.80. The van der Waals surface area contributed by atoms with Gasteiger partial charge in [-0.05, 0) is 19.3 Å². The third-order valence-electron chi connectivity index (χ3n) is 4.16. The Labute approximate surface area is 165 Å². The van der Waals surface area contributed by atoms with Crippen LogP contribution < -0.4 is 5.32 Å². The van der Waals surface area contributed by atoms with Gasteiger partial charge in [0.2, 0.25) is 11.0 Å². The van der Waals surface area contributed by atoms with Crippen LogP contribution in [0.1, 0.15) is 37.9 Å². The number of aromatic nitrogens is 5. The topological polar surface area (TPSA) is 85.6 Å². The van der Waals surface area contributed by atoms with E-state index in [1.54, 1.807) is 0 Å². The fourth-order valence-electron chi connectivity index (χ4n) is 2.74. The Bertz CT molecular complexity index is 919. The predicted octanol–water partition coefficient (Wildman–Crippen LogP) is 3.81. The number of benzene rings is 1. The van der Waals surface area contributed by atoms with Crippen molar-refractivity contribution in [3.63, 3.8) is 0 Å². The Hall–Kier alpha value is -2.26. The van der Waals surface area contributed by atoms with Gasteiger partial charge in [0.25, 0.3) is 0 Å². The second kappa shape index (κ2) is 8.18. The Morgan fingerprint density at radius 3 is 2.78 bits per heavy atom. The van der Waals surface area contributed by atoms with Crippen molar-refractivity contribution in [1.29, 1.82) is 0 Å². The number of nitrogens with zero attached hydrogens (tertiary/aromatic N) is 5. The molecule has 3 aromatic rings. The molecule has 1 saturated carbocycles. The maximum Gasteiger partial charge on any atom is 0.236 e. The van der Waals surface area contributed by atoms with Crippen LogP contribution in [0.3, 0.4) is 0 Å². The number of rotatable bonds is 8. The number of carbonyl (C=O) groups excluding carboxylic acids is 1. The van der Waals surface area contributed by atoms with E-state index in [9.17, 15) is 4.79 Å². The minimum atomic E-state index is -0.116. The molecule has 9 heteroatoms. The van der Waals surface area contributed by atoms with Gasteiger partial charge in [0.05, 0.1) is 5.75 Å². The van der Waals surface area contributed by atoms with Gasteiger partial charge in [-0.3, -0.25) is 10.1 Å². The van der Waals surface area contributed by atoms with E-state index >= 15 is 0 Å². The minimum absolute atomic E-state index is 0.116. The molecule has 1 amide bonds. The second-order valence-corrected chi connectivity index (χ2v) is 8.30. The van der Waals surface area contributed by atoms with Crippen LogP contribution in [0.25, 0.3) is 10.6 Å². The number of nitrogens with one attached hydrogen (secondary N) is 1. The van der Waals surface area contributed by atoms with Crippen LogP contribution in [0.2, 0.25) is 0 Å². The molecule has 1 aliphatic carbocycles. The lowest BCUT2D eigenvalue weighted by Gasteiger charge is -2.07. The highest BCUT2D eigenvalue weighted by molar-refractivity contribution is 7.99. The maximum atomic E-state index is 12.3. The molecule has 0 atom stereocenters. The summed E-state index contributed by atoms with van der Waals surface area (Å²) in [6.07, 6.45) is 3.39. The van der Waals surface area contributed by atoms with Gasteiger partial charge in [-0.15, -0.1) is 20.4 Å². The van der Waals surface area contributed by atoms with Crippen LogP contribution in [0, 0.1) is 0 Å². The Kier molecular flexibility index (Phi) is 5.49. The summed E-state index contributed by atoms with van der Waals surface area (Å²) in [6.45, 7) is 3.03. The standard InChI is InChI=1S/C18H20N6OS2/c1-2-10-24-15(12-8-9-12)20-23-18(24)26-11-14(25)19-17-22-21-16(27-17)13-6-4-3-5-7-13/h3-7,12H,2,8-11H2,1H3,(H,19,22,25). The monoisotopic (exact) mass is 400 g/mol. The minimum Gasteiger partial charge on any atom is -0.306 e. The maximum absolute atomic E-state index is 12.3. The van der Waals surface area contributed by atoms with Crippen LogP contribution in [-0.2, 0) is 11.3 Å². The summed E-state index contributed by atoms with van der Waals surface area (Å²) in [5.74, 6) is 1.77. The molecule has 0 aliphatic heterocycles. The summed E-state index contributed by atoms with van der Waals surface area (Å²) in [4.78, 5) is 12.3. The van der Waals surface area contributed by atoms with E-state index in [2.05, 4.69) is 37.2 Å². The highest BCUT2D eigenvalue weighted by atomic mass is 32.2. The molecule has 2 aromatic heterocycles. The fourth-order valence-corrected chi connectivity index (χ4v) is 4.28.